The third-order valence-corrected chi connectivity index (χ3v) is 7.43. The molecule has 2 aliphatic rings. The molecule has 0 bridgehead atoms. The van der Waals surface area contributed by atoms with E-state index in [1.54, 1.807) is 17.0 Å². The van der Waals surface area contributed by atoms with Gasteiger partial charge >= 0.3 is 15.5 Å². The van der Waals surface area contributed by atoms with Crippen molar-refractivity contribution in [3.8, 4) is 0 Å². The summed E-state index contributed by atoms with van der Waals surface area (Å²) in [6.45, 7) is 2.51. The summed E-state index contributed by atoms with van der Waals surface area (Å²) in [5.74, 6) is -0.0243. The average molecular weight is 430 g/mol. The number of rotatable bonds is 4. The Hall–Kier alpha value is -2.14. The lowest BCUT2D eigenvalue weighted by molar-refractivity contribution is -0.0497. The van der Waals surface area contributed by atoms with E-state index in [4.69, 9.17) is 0 Å². The van der Waals surface area contributed by atoms with Gasteiger partial charge in [0.1, 0.15) is 11.3 Å². The minimum absolute atomic E-state index is 0.0752. The van der Waals surface area contributed by atoms with Crippen molar-refractivity contribution in [1.29, 1.82) is 0 Å². The minimum Gasteiger partial charge on any atom is -0.331 e. The van der Waals surface area contributed by atoms with E-state index < -0.39 is 15.5 Å². The van der Waals surface area contributed by atoms with Crippen LogP contribution in [0.4, 0.5) is 13.2 Å². The summed E-state index contributed by atoms with van der Waals surface area (Å²) in [6.07, 6.45) is 1.32. The molecule has 29 heavy (non-hydrogen) atoms. The van der Waals surface area contributed by atoms with Crippen LogP contribution >= 0.6 is 0 Å². The SMILES string of the molecule is Cc1nc2cccc3n2c1CN(CCC1CCN(S(=O)(=O)C(F)(F)F)CC1)C3=O. The van der Waals surface area contributed by atoms with Gasteiger partial charge in [-0.1, -0.05) is 6.07 Å². The van der Waals surface area contributed by atoms with Gasteiger partial charge in [0.15, 0.2) is 0 Å². The number of carbonyl (C=O) groups is 1. The Bertz CT molecular complexity index is 1060. The Morgan fingerprint density at radius 3 is 2.55 bits per heavy atom. The molecule has 0 radical (unpaired) electrons. The van der Waals surface area contributed by atoms with Crippen LogP contribution < -0.4 is 0 Å². The molecule has 2 aliphatic heterocycles. The number of sulfonamides is 1. The van der Waals surface area contributed by atoms with E-state index in [1.807, 2.05) is 17.4 Å². The molecule has 7 nitrogen and oxygen atoms in total. The Labute approximate surface area is 166 Å². The van der Waals surface area contributed by atoms with Crippen LogP contribution in [0.5, 0.6) is 0 Å². The molecule has 2 aromatic heterocycles. The van der Waals surface area contributed by atoms with Gasteiger partial charge in [0, 0.05) is 19.6 Å². The second-order valence-corrected chi connectivity index (χ2v) is 9.49. The van der Waals surface area contributed by atoms with Crippen LogP contribution in [0.1, 0.15) is 41.1 Å². The first-order valence-electron chi connectivity index (χ1n) is 9.42. The third kappa shape index (κ3) is 3.39. The van der Waals surface area contributed by atoms with Crippen molar-refractivity contribution >= 4 is 21.6 Å². The quantitative estimate of drug-likeness (QED) is 0.747. The molecule has 0 saturated carbocycles. The van der Waals surface area contributed by atoms with E-state index in [2.05, 4.69) is 4.98 Å². The molecule has 0 spiro atoms. The van der Waals surface area contributed by atoms with Gasteiger partial charge in [-0.2, -0.15) is 17.5 Å². The highest BCUT2D eigenvalue weighted by Crippen LogP contribution is 2.31. The molecule has 1 amide bonds. The first kappa shape index (κ1) is 20.1. The molecular weight excluding hydrogens is 409 g/mol. The molecule has 0 aromatic carbocycles. The number of imidazole rings is 1. The standard InChI is InChI=1S/C18H21F3N4O3S/c1-12-15-11-23(17(26)14-3-2-4-16(22-12)25(14)15)8-5-13-6-9-24(10-7-13)29(27,28)18(19,20)21/h2-4,13H,5-11H2,1H3. The van der Waals surface area contributed by atoms with Crippen LogP contribution in [-0.4, -0.2) is 58.1 Å². The maximum absolute atomic E-state index is 12.8. The van der Waals surface area contributed by atoms with Crippen molar-refractivity contribution in [3.63, 3.8) is 0 Å². The van der Waals surface area contributed by atoms with E-state index >= 15 is 0 Å². The number of alkyl halides is 3. The predicted octanol–water partition coefficient (Wildman–Crippen LogP) is 2.55. The Morgan fingerprint density at radius 2 is 1.90 bits per heavy atom. The number of nitrogens with zero attached hydrogens (tertiary/aromatic N) is 4. The van der Waals surface area contributed by atoms with Crippen molar-refractivity contribution in [1.82, 2.24) is 18.6 Å². The monoisotopic (exact) mass is 430 g/mol. The highest BCUT2D eigenvalue weighted by Gasteiger charge is 2.50. The first-order chi connectivity index (χ1) is 13.6. The van der Waals surface area contributed by atoms with Crippen LogP contribution in [0.15, 0.2) is 18.2 Å². The maximum Gasteiger partial charge on any atom is 0.511 e. The van der Waals surface area contributed by atoms with Gasteiger partial charge in [-0.25, -0.2) is 13.4 Å². The lowest BCUT2D eigenvalue weighted by Crippen LogP contribution is -2.45. The zero-order valence-corrected chi connectivity index (χ0v) is 16.6. The fourth-order valence-electron chi connectivity index (χ4n) is 4.14. The molecule has 0 atom stereocenters. The second kappa shape index (κ2) is 6.98. The summed E-state index contributed by atoms with van der Waals surface area (Å²) in [6, 6.07) is 5.40. The highest BCUT2D eigenvalue weighted by atomic mass is 32.2. The number of amides is 1. The first-order valence-corrected chi connectivity index (χ1v) is 10.9. The fourth-order valence-corrected chi connectivity index (χ4v) is 5.12. The third-order valence-electron chi connectivity index (χ3n) is 5.80. The maximum atomic E-state index is 12.8. The summed E-state index contributed by atoms with van der Waals surface area (Å²) >= 11 is 0. The smallest absolute Gasteiger partial charge is 0.331 e. The Morgan fingerprint density at radius 1 is 1.21 bits per heavy atom. The molecule has 0 aliphatic carbocycles. The molecule has 1 fully saturated rings. The van der Waals surface area contributed by atoms with Gasteiger partial charge < -0.3 is 4.90 Å². The van der Waals surface area contributed by atoms with E-state index in [0.29, 0.717) is 42.4 Å². The van der Waals surface area contributed by atoms with Crippen molar-refractivity contribution in [2.75, 3.05) is 19.6 Å². The molecule has 2 aromatic rings. The Kier molecular flexibility index (Phi) is 4.85. The van der Waals surface area contributed by atoms with Crippen LogP contribution in [-0.2, 0) is 16.6 Å². The number of aromatic nitrogens is 2. The van der Waals surface area contributed by atoms with Gasteiger partial charge in [-0.15, -0.1) is 0 Å². The van der Waals surface area contributed by atoms with E-state index in [0.717, 1.165) is 17.0 Å². The number of aryl methyl sites for hydroxylation is 1. The molecule has 1 saturated heterocycles. The number of pyridine rings is 1. The van der Waals surface area contributed by atoms with Gasteiger partial charge in [0.25, 0.3) is 5.91 Å². The summed E-state index contributed by atoms with van der Waals surface area (Å²) in [5.41, 5.74) is -2.15. The zero-order valence-electron chi connectivity index (χ0n) is 15.8. The van der Waals surface area contributed by atoms with Crippen molar-refractivity contribution in [2.24, 2.45) is 5.92 Å². The van der Waals surface area contributed by atoms with Crippen molar-refractivity contribution in [3.05, 3.63) is 35.3 Å². The minimum atomic E-state index is -5.26. The normalized spacial score (nSPS) is 19.3. The second-order valence-electron chi connectivity index (χ2n) is 7.56. The largest absolute Gasteiger partial charge is 0.511 e. The lowest BCUT2D eigenvalue weighted by Gasteiger charge is -2.33. The number of halogens is 3. The van der Waals surface area contributed by atoms with E-state index in [1.165, 1.54) is 0 Å². The van der Waals surface area contributed by atoms with Crippen LogP contribution in [0.2, 0.25) is 0 Å². The lowest BCUT2D eigenvalue weighted by atomic mass is 9.94. The van der Waals surface area contributed by atoms with Gasteiger partial charge in [0.05, 0.1) is 17.9 Å². The molecule has 4 heterocycles. The summed E-state index contributed by atoms with van der Waals surface area (Å²) in [7, 11) is -5.26. The van der Waals surface area contributed by atoms with Gasteiger partial charge in [-0.3, -0.25) is 9.20 Å². The summed E-state index contributed by atoms with van der Waals surface area (Å²) < 4.78 is 63.5. The van der Waals surface area contributed by atoms with Gasteiger partial charge in [0.2, 0.25) is 0 Å². The van der Waals surface area contributed by atoms with E-state index in [-0.39, 0.29) is 24.9 Å². The molecule has 4 rings (SSSR count). The summed E-state index contributed by atoms with van der Waals surface area (Å²) in [4.78, 5) is 19.1. The number of piperidine rings is 1. The molecule has 0 unspecified atom stereocenters. The molecule has 0 N–H and O–H groups in total. The Balaban J connectivity index is 1.39. The van der Waals surface area contributed by atoms with Crippen molar-refractivity contribution in [2.45, 2.75) is 38.2 Å². The molecule has 158 valence electrons. The van der Waals surface area contributed by atoms with Crippen molar-refractivity contribution < 1.29 is 26.4 Å². The number of hydrogen-bond acceptors (Lipinski definition) is 4. The number of hydrogen-bond donors (Lipinski definition) is 0. The summed E-state index contributed by atoms with van der Waals surface area (Å²) in [5, 5.41) is 0. The topological polar surface area (TPSA) is 75.0 Å². The van der Waals surface area contributed by atoms with Crippen LogP contribution in [0.3, 0.4) is 0 Å². The highest BCUT2D eigenvalue weighted by molar-refractivity contribution is 7.90. The average Bonchev–Trinajstić information content (AvgIpc) is 2.99. The molecule has 11 heteroatoms. The molecular formula is C18H21F3N4O3S. The van der Waals surface area contributed by atoms with Gasteiger partial charge in [-0.05, 0) is 44.2 Å². The predicted molar refractivity (Wildman–Crippen MR) is 98.6 cm³/mol. The van der Waals surface area contributed by atoms with Crippen LogP contribution in [0.25, 0.3) is 5.65 Å². The van der Waals surface area contributed by atoms with E-state index in [9.17, 15) is 26.4 Å². The van der Waals surface area contributed by atoms with Crippen LogP contribution in [0, 0.1) is 12.8 Å². The fraction of sp³-hybridized carbons (Fsp3) is 0.556. The zero-order chi connectivity index (χ0) is 21.0. The number of carbonyl (C=O) groups excluding carboxylic acids is 1.